The standard InChI is InChI=1S/C29H22F5N3O2/c1-29(2,19-7-3-5-15(22(19)31)6-4-12-38)21-14-36-28(37-21)18-13-16(8-9-20(18)30)39-27-23(32)17-10-11-35-26(17)24(33)25(27)34/h3,5,7-14,35H,4,6H2,1-2H3,(H,36,37). The number of aromatic nitrogens is 3. The van der Waals surface area contributed by atoms with Gasteiger partial charge in [-0.2, -0.15) is 4.39 Å². The van der Waals surface area contributed by atoms with Crippen LogP contribution in [0.1, 0.15) is 37.1 Å². The number of aromatic amines is 2. The molecule has 200 valence electrons. The number of aldehydes is 1. The zero-order valence-electron chi connectivity index (χ0n) is 20.8. The van der Waals surface area contributed by atoms with Gasteiger partial charge in [-0.15, -0.1) is 0 Å². The highest BCUT2D eigenvalue weighted by molar-refractivity contribution is 5.82. The van der Waals surface area contributed by atoms with Crippen LogP contribution < -0.4 is 4.74 Å². The summed E-state index contributed by atoms with van der Waals surface area (Å²) in [6.07, 6.45) is 3.87. The van der Waals surface area contributed by atoms with Gasteiger partial charge in [0.05, 0.1) is 11.1 Å². The molecule has 0 amide bonds. The number of nitrogens with zero attached hydrogens (tertiary/aromatic N) is 1. The third kappa shape index (κ3) is 4.56. The molecule has 0 spiro atoms. The van der Waals surface area contributed by atoms with Crippen LogP contribution in [0, 0.1) is 29.1 Å². The Morgan fingerprint density at radius 2 is 1.77 bits per heavy atom. The van der Waals surface area contributed by atoms with E-state index >= 15 is 4.39 Å². The molecule has 2 aromatic heterocycles. The molecule has 2 N–H and O–H groups in total. The quantitative estimate of drug-likeness (QED) is 0.122. The van der Waals surface area contributed by atoms with E-state index < -0.39 is 40.3 Å². The maximum Gasteiger partial charge on any atom is 0.206 e. The first kappa shape index (κ1) is 26.1. The van der Waals surface area contributed by atoms with Crippen LogP contribution in [-0.2, 0) is 16.6 Å². The zero-order valence-corrected chi connectivity index (χ0v) is 20.8. The molecule has 3 aromatic carbocycles. The van der Waals surface area contributed by atoms with Gasteiger partial charge in [0.1, 0.15) is 29.5 Å². The molecule has 5 rings (SSSR count). The number of imidazole rings is 1. The first-order valence-corrected chi connectivity index (χ1v) is 12.0. The number of rotatable bonds is 8. The molecule has 0 fully saturated rings. The van der Waals surface area contributed by atoms with Crippen molar-refractivity contribution in [3.63, 3.8) is 0 Å². The monoisotopic (exact) mass is 539 g/mol. The first-order chi connectivity index (χ1) is 18.6. The van der Waals surface area contributed by atoms with E-state index in [0.717, 1.165) is 18.4 Å². The largest absolute Gasteiger partial charge is 0.451 e. The number of hydrogen-bond donors (Lipinski definition) is 2. The van der Waals surface area contributed by atoms with Crippen molar-refractivity contribution in [2.24, 2.45) is 0 Å². The van der Waals surface area contributed by atoms with Crippen LogP contribution in [0.2, 0.25) is 0 Å². The number of carbonyl (C=O) groups is 1. The summed E-state index contributed by atoms with van der Waals surface area (Å²) < 4.78 is 79.3. The maximum absolute atomic E-state index is 15.3. The minimum Gasteiger partial charge on any atom is -0.451 e. The smallest absolute Gasteiger partial charge is 0.206 e. The molecular weight excluding hydrogens is 517 g/mol. The second kappa shape index (κ2) is 10.0. The van der Waals surface area contributed by atoms with E-state index in [0.29, 0.717) is 16.8 Å². The summed E-state index contributed by atoms with van der Waals surface area (Å²) in [6.45, 7) is 3.53. The number of ether oxygens (including phenoxy) is 1. The third-order valence-electron chi connectivity index (χ3n) is 6.74. The van der Waals surface area contributed by atoms with Gasteiger partial charge in [-0.25, -0.2) is 22.5 Å². The molecule has 0 unspecified atom stereocenters. The Bertz CT molecular complexity index is 1710. The molecule has 0 bridgehead atoms. The molecule has 0 atom stereocenters. The van der Waals surface area contributed by atoms with Crippen LogP contribution in [0.15, 0.2) is 54.9 Å². The van der Waals surface area contributed by atoms with E-state index in [4.69, 9.17) is 4.74 Å². The molecule has 0 aliphatic carbocycles. The van der Waals surface area contributed by atoms with Gasteiger partial charge in [-0.1, -0.05) is 32.0 Å². The summed E-state index contributed by atoms with van der Waals surface area (Å²) in [5, 5.41) is -0.202. The van der Waals surface area contributed by atoms with Crippen molar-refractivity contribution in [3.8, 4) is 22.9 Å². The summed E-state index contributed by atoms with van der Waals surface area (Å²) in [5.74, 6) is -6.19. The lowest BCUT2D eigenvalue weighted by atomic mass is 9.80. The number of fused-ring (bicyclic) bond motifs is 1. The van der Waals surface area contributed by atoms with Gasteiger partial charge in [0.2, 0.25) is 11.6 Å². The summed E-state index contributed by atoms with van der Waals surface area (Å²) >= 11 is 0. The van der Waals surface area contributed by atoms with Crippen LogP contribution in [0.3, 0.4) is 0 Å². The lowest BCUT2D eigenvalue weighted by molar-refractivity contribution is -0.107. The van der Waals surface area contributed by atoms with Crippen molar-refractivity contribution in [3.05, 3.63) is 101 Å². The summed E-state index contributed by atoms with van der Waals surface area (Å²) in [5.41, 5.74) is -0.129. The van der Waals surface area contributed by atoms with Gasteiger partial charge >= 0.3 is 0 Å². The van der Waals surface area contributed by atoms with Crippen molar-refractivity contribution in [2.75, 3.05) is 0 Å². The summed E-state index contributed by atoms with van der Waals surface area (Å²) in [6, 6.07) is 9.51. The van der Waals surface area contributed by atoms with Crippen LogP contribution in [-0.4, -0.2) is 21.2 Å². The highest BCUT2D eigenvalue weighted by atomic mass is 19.2. The molecule has 39 heavy (non-hydrogen) atoms. The number of aryl methyl sites for hydroxylation is 1. The maximum atomic E-state index is 15.3. The van der Waals surface area contributed by atoms with E-state index in [2.05, 4.69) is 15.0 Å². The van der Waals surface area contributed by atoms with Crippen molar-refractivity contribution < 1.29 is 31.5 Å². The highest BCUT2D eigenvalue weighted by Crippen LogP contribution is 2.38. The zero-order chi connectivity index (χ0) is 27.9. The number of halogens is 5. The second-order valence-electron chi connectivity index (χ2n) is 9.54. The van der Waals surface area contributed by atoms with Crippen LogP contribution in [0.4, 0.5) is 22.0 Å². The summed E-state index contributed by atoms with van der Waals surface area (Å²) in [7, 11) is 0. The van der Waals surface area contributed by atoms with Crippen LogP contribution >= 0.6 is 0 Å². The third-order valence-corrected chi connectivity index (χ3v) is 6.74. The number of hydrogen-bond acceptors (Lipinski definition) is 3. The molecular formula is C29H22F5N3O2. The van der Waals surface area contributed by atoms with E-state index in [1.165, 1.54) is 24.5 Å². The van der Waals surface area contributed by atoms with Gasteiger partial charge in [-0.05, 0) is 41.8 Å². The van der Waals surface area contributed by atoms with Crippen LogP contribution in [0.25, 0.3) is 22.3 Å². The van der Waals surface area contributed by atoms with E-state index in [1.807, 2.05) is 0 Å². The molecule has 0 radical (unpaired) electrons. The fourth-order valence-corrected chi connectivity index (χ4v) is 4.51. The topological polar surface area (TPSA) is 70.8 Å². The number of nitrogens with one attached hydrogen (secondary N) is 2. The van der Waals surface area contributed by atoms with Gasteiger partial charge in [-0.3, -0.25) is 0 Å². The number of H-pyrrole nitrogens is 2. The average molecular weight is 540 g/mol. The second-order valence-corrected chi connectivity index (χ2v) is 9.54. The molecule has 0 saturated heterocycles. The minimum atomic E-state index is -1.53. The fraction of sp³-hybridized carbons (Fsp3) is 0.172. The minimum absolute atomic E-state index is 0.0618. The molecule has 5 aromatic rings. The molecule has 2 heterocycles. The van der Waals surface area contributed by atoms with Crippen LogP contribution in [0.5, 0.6) is 11.5 Å². The van der Waals surface area contributed by atoms with Gasteiger partial charge in [0, 0.05) is 35.3 Å². The van der Waals surface area contributed by atoms with E-state index in [9.17, 15) is 22.4 Å². The number of carbonyl (C=O) groups excluding carboxylic acids is 1. The van der Waals surface area contributed by atoms with Gasteiger partial charge in [0.25, 0.3) is 0 Å². The fourth-order valence-electron chi connectivity index (χ4n) is 4.51. The van der Waals surface area contributed by atoms with Gasteiger partial charge < -0.3 is 19.5 Å². The molecule has 0 aliphatic heterocycles. The van der Waals surface area contributed by atoms with Crippen molar-refractivity contribution in [1.29, 1.82) is 0 Å². The van der Waals surface area contributed by atoms with Crippen molar-refractivity contribution in [2.45, 2.75) is 32.1 Å². The Balaban J connectivity index is 1.49. The predicted molar refractivity (Wildman–Crippen MR) is 135 cm³/mol. The highest BCUT2D eigenvalue weighted by Gasteiger charge is 2.30. The predicted octanol–water partition coefficient (Wildman–Crippen LogP) is 7.50. The molecule has 5 nitrogen and oxygen atoms in total. The normalized spacial score (nSPS) is 11.8. The number of benzene rings is 3. The molecule has 0 aliphatic rings. The SMILES string of the molecule is CC(C)(c1cnc(-c2cc(Oc3c(F)c(F)c4[nH]ccc4c3F)ccc2F)[nH]1)c1cccc(CCC=O)c1F. The van der Waals surface area contributed by atoms with E-state index in [1.54, 1.807) is 32.0 Å². The Labute approximate surface area is 219 Å². The Kier molecular flexibility index (Phi) is 6.71. The average Bonchev–Trinajstić information content (AvgIpc) is 3.61. The Hall–Kier alpha value is -4.47. The van der Waals surface area contributed by atoms with Gasteiger partial charge in [0.15, 0.2) is 11.6 Å². The molecule has 0 saturated carbocycles. The Morgan fingerprint density at radius 1 is 0.974 bits per heavy atom. The summed E-state index contributed by atoms with van der Waals surface area (Å²) in [4.78, 5) is 20.4. The lowest BCUT2D eigenvalue weighted by Crippen LogP contribution is -2.22. The lowest BCUT2D eigenvalue weighted by Gasteiger charge is -2.25. The Morgan fingerprint density at radius 3 is 2.54 bits per heavy atom. The first-order valence-electron chi connectivity index (χ1n) is 12.0. The van der Waals surface area contributed by atoms with E-state index in [-0.39, 0.29) is 40.9 Å². The van der Waals surface area contributed by atoms with Crippen molar-refractivity contribution >= 4 is 17.2 Å². The molecule has 10 heteroatoms. The van der Waals surface area contributed by atoms with Crippen molar-refractivity contribution in [1.82, 2.24) is 15.0 Å².